The minimum absolute atomic E-state index is 0.102. The van der Waals surface area contributed by atoms with Crippen LogP contribution in [0.15, 0.2) is 18.2 Å². The number of carbonyl (C=O) groups excluding carboxylic acids is 1. The lowest BCUT2D eigenvalue weighted by Crippen LogP contribution is -2.30. The van der Waals surface area contributed by atoms with Crippen LogP contribution in [0.3, 0.4) is 0 Å². The molecule has 0 spiro atoms. The van der Waals surface area contributed by atoms with Crippen molar-refractivity contribution in [2.75, 3.05) is 26.7 Å². The van der Waals surface area contributed by atoms with Crippen LogP contribution in [0.5, 0.6) is 5.75 Å². The van der Waals surface area contributed by atoms with Crippen molar-refractivity contribution >= 4 is 29.1 Å². The quantitative estimate of drug-likeness (QED) is 0.560. The predicted molar refractivity (Wildman–Crippen MR) is 118 cm³/mol. The van der Waals surface area contributed by atoms with Gasteiger partial charge in [-0.25, -0.2) is 13.9 Å². The highest BCUT2D eigenvalue weighted by molar-refractivity contribution is 6.31. The number of nitrogens with zero attached hydrogens (tertiary/aromatic N) is 5. The van der Waals surface area contributed by atoms with Crippen LogP contribution in [0.1, 0.15) is 33.0 Å². The van der Waals surface area contributed by atoms with Crippen LogP contribution < -0.4 is 4.74 Å². The molecule has 2 aromatic heterocycles. The molecule has 1 amide bonds. The molecule has 11 heteroatoms. The SMILES string of the molecule is Cc1nc2c3c(nn2c(C)c1Cl)CN(C(=O)c1ccc(F)cc1OCCN(C)CC(=O)O)C3. The number of likely N-dealkylation sites (N-methyl/N-ethyl adjacent to an activating group) is 1. The average molecular weight is 476 g/mol. The summed E-state index contributed by atoms with van der Waals surface area (Å²) in [7, 11) is 1.64. The van der Waals surface area contributed by atoms with Crippen molar-refractivity contribution in [3.05, 3.63) is 57.2 Å². The number of halogens is 2. The van der Waals surface area contributed by atoms with Gasteiger partial charge in [-0.15, -0.1) is 0 Å². The number of aliphatic carboxylic acids is 1. The maximum Gasteiger partial charge on any atom is 0.317 e. The number of fused-ring (bicyclic) bond motifs is 3. The van der Waals surface area contributed by atoms with Crippen molar-refractivity contribution in [1.82, 2.24) is 24.4 Å². The van der Waals surface area contributed by atoms with E-state index in [1.807, 2.05) is 13.8 Å². The standard InChI is InChI=1S/C22H23ClFN5O4/c1-12-20(23)13(2)29-21(25-12)16-9-28(10-17(16)26-29)22(32)15-5-4-14(24)8-18(15)33-7-6-27(3)11-19(30)31/h4-5,8H,6-7,9-11H2,1-3H3,(H,30,31). The topological polar surface area (TPSA) is 100 Å². The molecule has 174 valence electrons. The van der Waals surface area contributed by atoms with Crippen molar-refractivity contribution in [1.29, 1.82) is 0 Å². The monoisotopic (exact) mass is 475 g/mol. The number of carboxylic acids is 1. The fourth-order valence-electron chi connectivity index (χ4n) is 3.84. The van der Waals surface area contributed by atoms with E-state index in [1.54, 1.807) is 21.4 Å². The first-order chi connectivity index (χ1) is 15.7. The number of ether oxygens (including phenoxy) is 1. The van der Waals surface area contributed by atoms with Crippen molar-refractivity contribution in [2.24, 2.45) is 0 Å². The predicted octanol–water partition coefficient (Wildman–Crippen LogP) is 2.69. The Morgan fingerprint density at radius 1 is 1.30 bits per heavy atom. The van der Waals surface area contributed by atoms with Gasteiger partial charge in [-0.3, -0.25) is 14.5 Å². The summed E-state index contributed by atoms with van der Waals surface area (Å²) in [6.07, 6.45) is 0. The molecule has 0 saturated carbocycles. The number of hydrogen-bond acceptors (Lipinski definition) is 6. The first-order valence-corrected chi connectivity index (χ1v) is 10.7. The third kappa shape index (κ3) is 4.49. The van der Waals surface area contributed by atoms with Crippen LogP contribution in [0, 0.1) is 19.7 Å². The number of hydrogen-bond donors (Lipinski definition) is 1. The van der Waals surface area contributed by atoms with Gasteiger partial charge >= 0.3 is 5.97 Å². The Bertz CT molecular complexity index is 1260. The zero-order chi connectivity index (χ0) is 23.9. The highest BCUT2D eigenvalue weighted by Crippen LogP contribution is 2.31. The maximum absolute atomic E-state index is 13.9. The molecule has 1 aromatic carbocycles. The van der Waals surface area contributed by atoms with E-state index in [9.17, 15) is 14.0 Å². The molecule has 0 radical (unpaired) electrons. The molecular formula is C22H23ClFN5O4. The molecular weight excluding hydrogens is 453 g/mol. The second-order valence-corrected chi connectivity index (χ2v) is 8.42. The van der Waals surface area contributed by atoms with Crippen LogP contribution in [-0.2, 0) is 17.9 Å². The van der Waals surface area contributed by atoms with Gasteiger partial charge in [0.05, 0.1) is 47.3 Å². The molecule has 1 aliphatic heterocycles. The van der Waals surface area contributed by atoms with Crippen LogP contribution >= 0.6 is 11.6 Å². The molecule has 0 saturated heterocycles. The van der Waals surface area contributed by atoms with E-state index in [-0.39, 0.29) is 36.9 Å². The molecule has 0 bridgehead atoms. The molecule has 3 heterocycles. The van der Waals surface area contributed by atoms with E-state index < -0.39 is 11.8 Å². The van der Waals surface area contributed by atoms with Crippen LogP contribution in [-0.4, -0.2) is 68.1 Å². The number of benzene rings is 1. The Hall–Kier alpha value is -3.24. The van der Waals surface area contributed by atoms with Crippen molar-refractivity contribution < 1.29 is 23.8 Å². The van der Waals surface area contributed by atoms with Crippen molar-refractivity contribution in [3.63, 3.8) is 0 Å². The Morgan fingerprint density at radius 3 is 2.79 bits per heavy atom. The first kappa shape index (κ1) is 22.9. The van der Waals surface area contributed by atoms with Gasteiger partial charge in [0.2, 0.25) is 0 Å². The summed E-state index contributed by atoms with van der Waals surface area (Å²) in [5.74, 6) is -1.70. The minimum Gasteiger partial charge on any atom is -0.491 e. The number of amides is 1. The first-order valence-electron chi connectivity index (χ1n) is 10.3. The second kappa shape index (κ2) is 8.95. The highest BCUT2D eigenvalue weighted by Gasteiger charge is 2.31. The summed E-state index contributed by atoms with van der Waals surface area (Å²) in [5.41, 5.74) is 3.95. The lowest BCUT2D eigenvalue weighted by atomic mass is 10.1. The molecule has 9 nitrogen and oxygen atoms in total. The molecule has 4 rings (SSSR count). The Morgan fingerprint density at radius 2 is 2.06 bits per heavy atom. The van der Waals surface area contributed by atoms with E-state index in [0.717, 1.165) is 23.0 Å². The molecule has 0 unspecified atom stereocenters. The summed E-state index contributed by atoms with van der Waals surface area (Å²) in [5, 5.41) is 14.0. The number of aromatic nitrogens is 3. The van der Waals surface area contributed by atoms with Gasteiger partial charge in [0, 0.05) is 18.2 Å². The van der Waals surface area contributed by atoms with E-state index in [2.05, 4.69) is 10.1 Å². The average Bonchev–Trinajstić information content (AvgIpc) is 3.30. The third-order valence-corrected chi connectivity index (χ3v) is 6.10. The van der Waals surface area contributed by atoms with Gasteiger partial charge in [0.15, 0.2) is 5.65 Å². The lowest BCUT2D eigenvalue weighted by molar-refractivity contribution is -0.138. The Labute approximate surface area is 194 Å². The van der Waals surface area contributed by atoms with Gasteiger partial charge in [0.25, 0.3) is 5.91 Å². The van der Waals surface area contributed by atoms with Gasteiger partial charge < -0.3 is 14.7 Å². The third-order valence-electron chi connectivity index (χ3n) is 5.55. The number of rotatable bonds is 7. The zero-order valence-electron chi connectivity index (χ0n) is 18.4. The molecule has 3 aromatic rings. The van der Waals surface area contributed by atoms with Gasteiger partial charge in [-0.05, 0) is 33.0 Å². The highest BCUT2D eigenvalue weighted by atomic mass is 35.5. The van der Waals surface area contributed by atoms with E-state index >= 15 is 0 Å². The largest absolute Gasteiger partial charge is 0.491 e. The van der Waals surface area contributed by atoms with Crippen molar-refractivity contribution in [2.45, 2.75) is 26.9 Å². The summed E-state index contributed by atoms with van der Waals surface area (Å²) >= 11 is 6.29. The van der Waals surface area contributed by atoms with Crippen LogP contribution in [0.25, 0.3) is 5.65 Å². The summed E-state index contributed by atoms with van der Waals surface area (Å²) in [6, 6.07) is 3.76. The number of carboxylic acid groups (broad SMARTS) is 1. The zero-order valence-corrected chi connectivity index (χ0v) is 19.2. The van der Waals surface area contributed by atoms with Crippen LogP contribution in [0.4, 0.5) is 4.39 Å². The molecule has 33 heavy (non-hydrogen) atoms. The van der Waals surface area contributed by atoms with E-state index in [0.29, 0.717) is 29.5 Å². The fraction of sp³-hybridized carbons (Fsp3) is 0.364. The smallest absolute Gasteiger partial charge is 0.317 e. The summed E-state index contributed by atoms with van der Waals surface area (Å²) in [6.45, 7) is 4.54. The van der Waals surface area contributed by atoms with Gasteiger partial charge in [-0.2, -0.15) is 5.10 Å². The summed E-state index contributed by atoms with van der Waals surface area (Å²) < 4.78 is 21.2. The Balaban J connectivity index is 1.52. The molecule has 0 aliphatic carbocycles. The summed E-state index contributed by atoms with van der Waals surface area (Å²) in [4.78, 5) is 31.8. The molecule has 0 fully saturated rings. The second-order valence-electron chi connectivity index (χ2n) is 8.04. The van der Waals surface area contributed by atoms with E-state index in [1.165, 1.54) is 12.1 Å². The number of carbonyl (C=O) groups is 2. The number of aryl methyl sites for hydroxylation is 2. The normalized spacial score (nSPS) is 13.1. The maximum atomic E-state index is 13.9. The minimum atomic E-state index is -0.957. The van der Waals surface area contributed by atoms with E-state index in [4.69, 9.17) is 21.4 Å². The molecule has 1 N–H and O–H groups in total. The van der Waals surface area contributed by atoms with Gasteiger partial charge in [0.1, 0.15) is 18.2 Å². The molecule has 1 aliphatic rings. The Kier molecular flexibility index (Phi) is 6.22. The van der Waals surface area contributed by atoms with Crippen molar-refractivity contribution in [3.8, 4) is 5.75 Å². The molecule has 0 atom stereocenters. The lowest BCUT2D eigenvalue weighted by Gasteiger charge is -2.19. The van der Waals surface area contributed by atoms with Gasteiger partial charge in [-0.1, -0.05) is 11.6 Å². The fourth-order valence-corrected chi connectivity index (χ4v) is 3.96. The van der Waals surface area contributed by atoms with Crippen LogP contribution in [0.2, 0.25) is 5.02 Å².